The van der Waals surface area contributed by atoms with Gasteiger partial charge >= 0.3 is 0 Å². The Morgan fingerprint density at radius 2 is 1.66 bits per heavy atom. The lowest BCUT2D eigenvalue weighted by Gasteiger charge is -2.13. The van der Waals surface area contributed by atoms with Gasteiger partial charge in [-0.05, 0) is 48.2 Å². The minimum atomic E-state index is -0.199. The smallest absolute Gasteiger partial charge is 0.255 e. The van der Waals surface area contributed by atoms with E-state index in [1.54, 1.807) is 12.1 Å². The van der Waals surface area contributed by atoms with Crippen molar-refractivity contribution in [1.29, 1.82) is 0 Å². The fraction of sp³-hybridized carbons (Fsp3) is 0.240. The first kappa shape index (κ1) is 20.5. The molecule has 0 atom stereocenters. The van der Waals surface area contributed by atoms with Crippen molar-refractivity contribution in [2.24, 2.45) is 5.92 Å². The number of hydrogen-bond donors (Lipinski definition) is 1. The van der Waals surface area contributed by atoms with Crippen molar-refractivity contribution in [3.8, 4) is 11.5 Å². The summed E-state index contributed by atoms with van der Waals surface area (Å²) in [6, 6.07) is 24.6. The van der Waals surface area contributed by atoms with Gasteiger partial charge < -0.3 is 14.8 Å². The number of benzene rings is 3. The summed E-state index contributed by atoms with van der Waals surface area (Å²) in [5, 5.41) is 2.95. The Balaban J connectivity index is 1.65. The first-order valence-corrected chi connectivity index (χ1v) is 9.92. The van der Waals surface area contributed by atoms with E-state index in [0.717, 1.165) is 12.0 Å². The van der Waals surface area contributed by atoms with Crippen LogP contribution in [-0.4, -0.2) is 12.5 Å². The summed E-state index contributed by atoms with van der Waals surface area (Å²) >= 11 is 0. The molecule has 0 saturated heterocycles. The van der Waals surface area contributed by atoms with Gasteiger partial charge in [0.05, 0.1) is 12.3 Å². The van der Waals surface area contributed by atoms with E-state index in [1.807, 2.05) is 66.7 Å². The van der Waals surface area contributed by atoms with Gasteiger partial charge in [-0.15, -0.1) is 0 Å². The number of hydrogen-bond acceptors (Lipinski definition) is 3. The number of carbonyl (C=O) groups excluding carboxylic acids is 1. The number of carbonyl (C=O) groups is 1. The van der Waals surface area contributed by atoms with E-state index in [9.17, 15) is 4.79 Å². The molecule has 0 bridgehead atoms. The van der Waals surface area contributed by atoms with Gasteiger partial charge in [-0.3, -0.25) is 4.79 Å². The summed E-state index contributed by atoms with van der Waals surface area (Å²) in [6.07, 6.45) is 0.975. The highest BCUT2D eigenvalue weighted by Crippen LogP contribution is 2.26. The average molecular weight is 389 g/mol. The van der Waals surface area contributed by atoms with Crippen LogP contribution in [-0.2, 0) is 6.61 Å². The van der Waals surface area contributed by atoms with E-state index in [0.29, 0.717) is 41.9 Å². The Morgan fingerprint density at radius 1 is 0.897 bits per heavy atom. The Hall–Kier alpha value is -3.27. The summed E-state index contributed by atoms with van der Waals surface area (Å²) < 4.78 is 11.7. The molecule has 29 heavy (non-hydrogen) atoms. The molecule has 0 heterocycles. The zero-order valence-corrected chi connectivity index (χ0v) is 16.9. The van der Waals surface area contributed by atoms with E-state index in [-0.39, 0.29) is 5.91 Å². The maximum Gasteiger partial charge on any atom is 0.255 e. The number of nitrogens with one attached hydrogen (secondary N) is 1. The highest BCUT2D eigenvalue weighted by atomic mass is 16.5. The molecule has 150 valence electrons. The van der Waals surface area contributed by atoms with Gasteiger partial charge in [0.1, 0.15) is 18.1 Å². The van der Waals surface area contributed by atoms with E-state index >= 15 is 0 Å². The lowest BCUT2D eigenvalue weighted by molar-refractivity contribution is 0.102. The van der Waals surface area contributed by atoms with Gasteiger partial charge in [-0.2, -0.15) is 0 Å². The predicted molar refractivity (Wildman–Crippen MR) is 117 cm³/mol. The van der Waals surface area contributed by atoms with Crippen LogP contribution in [0.4, 0.5) is 5.69 Å². The van der Waals surface area contributed by atoms with E-state index < -0.39 is 0 Å². The van der Waals surface area contributed by atoms with Gasteiger partial charge in [0.2, 0.25) is 0 Å². The van der Waals surface area contributed by atoms with Crippen molar-refractivity contribution >= 4 is 11.6 Å². The summed E-state index contributed by atoms with van der Waals surface area (Å²) in [4.78, 5) is 12.8. The first-order chi connectivity index (χ1) is 14.1. The molecule has 0 saturated carbocycles. The SMILES string of the molecule is CC(C)CCOc1cccc(C(=O)Nc2ccccc2OCc2ccccc2)c1. The van der Waals surface area contributed by atoms with Crippen LogP contribution in [0.15, 0.2) is 78.9 Å². The lowest BCUT2D eigenvalue weighted by atomic mass is 10.1. The maximum absolute atomic E-state index is 12.8. The summed E-state index contributed by atoms with van der Waals surface area (Å²) in [6.45, 7) is 5.39. The molecule has 0 aliphatic carbocycles. The van der Waals surface area contributed by atoms with Crippen LogP contribution in [0.2, 0.25) is 0 Å². The molecule has 0 radical (unpaired) electrons. The fourth-order valence-electron chi connectivity index (χ4n) is 2.77. The zero-order valence-electron chi connectivity index (χ0n) is 16.9. The maximum atomic E-state index is 12.8. The van der Waals surface area contributed by atoms with Gasteiger partial charge in [0.15, 0.2) is 0 Å². The van der Waals surface area contributed by atoms with Gasteiger partial charge in [0, 0.05) is 5.56 Å². The van der Waals surface area contributed by atoms with Crippen molar-refractivity contribution in [2.45, 2.75) is 26.9 Å². The standard InChI is InChI=1S/C25H27NO3/c1-19(2)15-16-28-22-12-8-11-21(17-22)25(27)26-23-13-6-7-14-24(23)29-18-20-9-4-3-5-10-20/h3-14,17,19H,15-16,18H2,1-2H3,(H,26,27). The zero-order chi connectivity index (χ0) is 20.5. The number of amides is 1. The lowest BCUT2D eigenvalue weighted by Crippen LogP contribution is -2.13. The second kappa shape index (κ2) is 10.3. The monoisotopic (exact) mass is 389 g/mol. The van der Waals surface area contributed by atoms with Crippen molar-refractivity contribution in [3.63, 3.8) is 0 Å². The normalized spacial score (nSPS) is 10.6. The van der Waals surface area contributed by atoms with Crippen LogP contribution >= 0.6 is 0 Å². The van der Waals surface area contributed by atoms with E-state index in [4.69, 9.17) is 9.47 Å². The molecule has 4 heteroatoms. The van der Waals surface area contributed by atoms with Crippen LogP contribution < -0.4 is 14.8 Å². The molecule has 0 unspecified atom stereocenters. The highest BCUT2D eigenvalue weighted by molar-refractivity contribution is 6.05. The molecule has 4 nitrogen and oxygen atoms in total. The molecule has 3 rings (SSSR count). The van der Waals surface area contributed by atoms with Crippen molar-refractivity contribution in [1.82, 2.24) is 0 Å². The summed E-state index contributed by atoms with van der Waals surface area (Å²) in [5.74, 6) is 1.71. The summed E-state index contributed by atoms with van der Waals surface area (Å²) in [7, 11) is 0. The predicted octanol–water partition coefficient (Wildman–Crippen LogP) is 5.94. The van der Waals surface area contributed by atoms with Crippen LogP contribution in [0.3, 0.4) is 0 Å². The Morgan fingerprint density at radius 3 is 2.45 bits per heavy atom. The van der Waals surface area contributed by atoms with E-state index in [1.165, 1.54) is 0 Å². The first-order valence-electron chi connectivity index (χ1n) is 9.92. The van der Waals surface area contributed by atoms with Gasteiger partial charge in [0.25, 0.3) is 5.91 Å². The third-order valence-corrected chi connectivity index (χ3v) is 4.43. The minimum absolute atomic E-state index is 0.199. The fourth-order valence-corrected chi connectivity index (χ4v) is 2.77. The molecule has 0 aliphatic rings. The van der Waals surface area contributed by atoms with E-state index in [2.05, 4.69) is 19.2 Å². The largest absolute Gasteiger partial charge is 0.494 e. The van der Waals surface area contributed by atoms with Crippen molar-refractivity contribution in [2.75, 3.05) is 11.9 Å². The molecule has 0 fully saturated rings. The second-order valence-corrected chi connectivity index (χ2v) is 7.28. The minimum Gasteiger partial charge on any atom is -0.494 e. The molecule has 0 spiro atoms. The van der Waals surface area contributed by atoms with Crippen LogP contribution in [0.5, 0.6) is 11.5 Å². The molecule has 0 aliphatic heterocycles. The molecule has 3 aromatic rings. The van der Waals surface area contributed by atoms with Crippen LogP contribution in [0.1, 0.15) is 36.2 Å². The van der Waals surface area contributed by atoms with Gasteiger partial charge in [-0.25, -0.2) is 0 Å². The quantitative estimate of drug-likeness (QED) is 0.492. The average Bonchev–Trinajstić information content (AvgIpc) is 2.74. The van der Waals surface area contributed by atoms with Crippen molar-refractivity contribution < 1.29 is 14.3 Å². The molecule has 1 N–H and O–H groups in total. The summed E-state index contributed by atoms with van der Waals surface area (Å²) in [5.41, 5.74) is 2.25. The number of para-hydroxylation sites is 2. The highest BCUT2D eigenvalue weighted by Gasteiger charge is 2.11. The Bertz CT molecular complexity index is 922. The molecule has 0 aromatic heterocycles. The second-order valence-electron chi connectivity index (χ2n) is 7.28. The van der Waals surface area contributed by atoms with Gasteiger partial charge in [-0.1, -0.05) is 62.4 Å². The Kier molecular flexibility index (Phi) is 7.28. The third kappa shape index (κ3) is 6.39. The van der Waals surface area contributed by atoms with Crippen molar-refractivity contribution in [3.05, 3.63) is 90.0 Å². The Labute approximate surface area is 172 Å². The number of ether oxygens (including phenoxy) is 2. The molecule has 1 amide bonds. The number of anilines is 1. The van der Waals surface area contributed by atoms with Crippen LogP contribution in [0, 0.1) is 5.92 Å². The molecule has 3 aromatic carbocycles. The van der Waals surface area contributed by atoms with Crippen LogP contribution in [0.25, 0.3) is 0 Å². The molecular formula is C25H27NO3. The number of rotatable bonds is 9. The molecular weight excluding hydrogens is 362 g/mol. The topological polar surface area (TPSA) is 47.6 Å². The third-order valence-electron chi connectivity index (χ3n) is 4.43.